The van der Waals surface area contributed by atoms with Gasteiger partial charge >= 0.3 is 0 Å². The second-order valence-electron chi connectivity index (χ2n) is 5.69. The molecule has 2 N–H and O–H groups in total. The standard InChI is InChI=1S/C17H21N5/c1-13(6-8-18)21-16-10-17(20-12-19-16)22-9-7-14-4-2-3-5-15(14)11-22/h2-5,8,10,12-13,18H,6-7,9,11H2,1H3,(H,19,20,21)/t13-/m1/s1. The first-order valence-electron chi connectivity index (χ1n) is 7.65. The van der Waals surface area contributed by atoms with Crippen molar-refractivity contribution < 1.29 is 0 Å². The van der Waals surface area contributed by atoms with Crippen LogP contribution in [0.5, 0.6) is 0 Å². The molecule has 0 unspecified atom stereocenters. The molecule has 1 aromatic carbocycles. The lowest BCUT2D eigenvalue weighted by Crippen LogP contribution is -2.31. The summed E-state index contributed by atoms with van der Waals surface area (Å²) in [5, 5.41) is 10.5. The van der Waals surface area contributed by atoms with Crippen molar-refractivity contribution in [1.29, 1.82) is 5.41 Å². The predicted octanol–water partition coefficient (Wildman–Crippen LogP) is 2.88. The van der Waals surface area contributed by atoms with Crippen molar-refractivity contribution in [3.8, 4) is 0 Å². The van der Waals surface area contributed by atoms with E-state index in [0.29, 0.717) is 6.42 Å². The minimum Gasteiger partial charge on any atom is -0.367 e. The quantitative estimate of drug-likeness (QED) is 0.833. The second kappa shape index (κ2) is 6.56. The number of benzene rings is 1. The Kier molecular flexibility index (Phi) is 4.32. The zero-order valence-electron chi connectivity index (χ0n) is 12.8. The predicted molar refractivity (Wildman–Crippen MR) is 89.7 cm³/mol. The number of nitrogens with one attached hydrogen (secondary N) is 2. The number of nitrogens with zero attached hydrogens (tertiary/aromatic N) is 3. The Morgan fingerprint density at radius 3 is 2.95 bits per heavy atom. The third kappa shape index (κ3) is 3.24. The summed E-state index contributed by atoms with van der Waals surface area (Å²) in [5.74, 6) is 1.77. The van der Waals surface area contributed by atoms with Gasteiger partial charge in [0, 0.05) is 31.6 Å². The van der Waals surface area contributed by atoms with E-state index in [9.17, 15) is 0 Å². The van der Waals surface area contributed by atoms with Gasteiger partial charge in [-0.1, -0.05) is 24.3 Å². The van der Waals surface area contributed by atoms with E-state index < -0.39 is 0 Å². The van der Waals surface area contributed by atoms with Crippen LogP contribution in [-0.4, -0.2) is 28.8 Å². The van der Waals surface area contributed by atoms with Gasteiger partial charge in [-0.15, -0.1) is 0 Å². The molecule has 0 saturated carbocycles. The summed E-state index contributed by atoms with van der Waals surface area (Å²) >= 11 is 0. The number of anilines is 2. The van der Waals surface area contributed by atoms with Crippen molar-refractivity contribution in [1.82, 2.24) is 9.97 Å². The molecular weight excluding hydrogens is 274 g/mol. The van der Waals surface area contributed by atoms with Crippen LogP contribution in [0.1, 0.15) is 24.5 Å². The lowest BCUT2D eigenvalue weighted by atomic mass is 10.00. The second-order valence-corrected chi connectivity index (χ2v) is 5.69. The molecule has 0 bridgehead atoms. The van der Waals surface area contributed by atoms with Crippen molar-refractivity contribution in [2.75, 3.05) is 16.8 Å². The molecule has 3 rings (SSSR count). The fourth-order valence-corrected chi connectivity index (χ4v) is 2.78. The molecule has 22 heavy (non-hydrogen) atoms. The maximum Gasteiger partial charge on any atom is 0.134 e. The highest BCUT2D eigenvalue weighted by Crippen LogP contribution is 2.24. The minimum atomic E-state index is 0.197. The highest BCUT2D eigenvalue weighted by molar-refractivity contribution is 5.56. The highest BCUT2D eigenvalue weighted by Gasteiger charge is 2.17. The van der Waals surface area contributed by atoms with Gasteiger partial charge in [0.05, 0.1) is 0 Å². The van der Waals surface area contributed by atoms with Crippen molar-refractivity contribution in [3.05, 3.63) is 47.8 Å². The molecule has 0 saturated heterocycles. The summed E-state index contributed by atoms with van der Waals surface area (Å²) in [5.41, 5.74) is 2.81. The average molecular weight is 295 g/mol. The van der Waals surface area contributed by atoms with Gasteiger partial charge in [0.1, 0.15) is 18.0 Å². The average Bonchev–Trinajstić information content (AvgIpc) is 2.55. The number of fused-ring (bicyclic) bond motifs is 1. The summed E-state index contributed by atoms with van der Waals surface area (Å²) in [4.78, 5) is 11.0. The monoisotopic (exact) mass is 295 g/mol. The Labute approximate surface area is 130 Å². The molecule has 0 amide bonds. The molecule has 0 radical (unpaired) electrons. The topological polar surface area (TPSA) is 64.9 Å². The summed E-state index contributed by atoms with van der Waals surface area (Å²) in [6, 6.07) is 10.8. The maximum absolute atomic E-state index is 7.16. The molecule has 0 aliphatic carbocycles. The molecule has 1 atom stereocenters. The molecule has 2 heterocycles. The van der Waals surface area contributed by atoms with Gasteiger partial charge in [-0.25, -0.2) is 9.97 Å². The zero-order valence-corrected chi connectivity index (χ0v) is 12.8. The SMILES string of the molecule is C[C@H](CC=N)Nc1cc(N2CCc3ccccc3C2)ncn1. The Morgan fingerprint density at radius 1 is 1.32 bits per heavy atom. The summed E-state index contributed by atoms with van der Waals surface area (Å²) in [6.45, 7) is 3.91. The van der Waals surface area contributed by atoms with Crippen molar-refractivity contribution in [3.63, 3.8) is 0 Å². The van der Waals surface area contributed by atoms with E-state index in [1.807, 2.05) is 13.0 Å². The van der Waals surface area contributed by atoms with Crippen LogP contribution in [0.4, 0.5) is 11.6 Å². The lowest BCUT2D eigenvalue weighted by molar-refractivity contribution is 0.719. The molecule has 1 aliphatic heterocycles. The van der Waals surface area contributed by atoms with Crippen LogP contribution in [0.15, 0.2) is 36.7 Å². The number of hydrogen-bond donors (Lipinski definition) is 2. The van der Waals surface area contributed by atoms with Gasteiger partial charge in [0.2, 0.25) is 0 Å². The first kappa shape index (κ1) is 14.5. The van der Waals surface area contributed by atoms with Gasteiger partial charge < -0.3 is 15.6 Å². The lowest BCUT2D eigenvalue weighted by Gasteiger charge is -2.30. The van der Waals surface area contributed by atoms with Gasteiger partial charge in [-0.2, -0.15) is 0 Å². The van der Waals surface area contributed by atoms with Crippen molar-refractivity contribution >= 4 is 17.9 Å². The van der Waals surface area contributed by atoms with Gasteiger partial charge in [0.25, 0.3) is 0 Å². The van der Waals surface area contributed by atoms with E-state index in [4.69, 9.17) is 5.41 Å². The maximum atomic E-state index is 7.16. The van der Waals surface area contributed by atoms with E-state index in [1.165, 1.54) is 17.3 Å². The molecule has 114 valence electrons. The first-order chi connectivity index (χ1) is 10.8. The van der Waals surface area contributed by atoms with Crippen LogP contribution in [0.2, 0.25) is 0 Å². The number of rotatable bonds is 5. The van der Waals surface area contributed by atoms with Gasteiger partial charge in [0.15, 0.2) is 0 Å². The van der Waals surface area contributed by atoms with Gasteiger partial charge in [-0.05, 0) is 30.7 Å². The fraction of sp³-hybridized carbons (Fsp3) is 0.353. The third-order valence-corrected chi connectivity index (χ3v) is 3.97. The van der Waals surface area contributed by atoms with Crippen molar-refractivity contribution in [2.24, 2.45) is 0 Å². The normalized spacial score (nSPS) is 15.0. The van der Waals surface area contributed by atoms with Crippen LogP contribution in [0.25, 0.3) is 0 Å². The van der Waals surface area contributed by atoms with E-state index >= 15 is 0 Å². The largest absolute Gasteiger partial charge is 0.367 e. The molecular formula is C17H21N5. The van der Waals surface area contributed by atoms with Crippen LogP contribution in [0.3, 0.4) is 0 Å². The molecule has 0 fully saturated rings. The van der Waals surface area contributed by atoms with Crippen LogP contribution >= 0.6 is 0 Å². The Bertz CT molecular complexity index is 655. The van der Waals surface area contributed by atoms with Crippen LogP contribution in [0, 0.1) is 5.41 Å². The number of aromatic nitrogens is 2. The van der Waals surface area contributed by atoms with Crippen LogP contribution in [-0.2, 0) is 13.0 Å². The zero-order chi connectivity index (χ0) is 15.4. The summed E-state index contributed by atoms with van der Waals surface area (Å²) < 4.78 is 0. The minimum absolute atomic E-state index is 0.197. The Balaban J connectivity index is 1.74. The summed E-state index contributed by atoms with van der Waals surface area (Å²) in [7, 11) is 0. The molecule has 2 aromatic rings. The first-order valence-corrected chi connectivity index (χ1v) is 7.65. The highest BCUT2D eigenvalue weighted by atomic mass is 15.2. The van der Waals surface area contributed by atoms with Crippen molar-refractivity contribution in [2.45, 2.75) is 32.4 Å². The smallest absolute Gasteiger partial charge is 0.134 e. The Hall–Kier alpha value is -2.43. The molecule has 1 aliphatic rings. The molecule has 5 nitrogen and oxygen atoms in total. The van der Waals surface area contributed by atoms with E-state index in [-0.39, 0.29) is 6.04 Å². The summed E-state index contributed by atoms with van der Waals surface area (Å²) in [6.07, 6.45) is 4.76. The molecule has 0 spiro atoms. The van der Waals surface area contributed by atoms with Gasteiger partial charge in [-0.3, -0.25) is 0 Å². The van der Waals surface area contributed by atoms with E-state index in [1.54, 1.807) is 6.33 Å². The Morgan fingerprint density at radius 2 is 2.14 bits per heavy atom. The fourth-order valence-electron chi connectivity index (χ4n) is 2.78. The van der Waals surface area contributed by atoms with Crippen LogP contribution < -0.4 is 10.2 Å². The molecule has 5 heteroatoms. The third-order valence-electron chi connectivity index (χ3n) is 3.97. The number of hydrogen-bond acceptors (Lipinski definition) is 5. The van der Waals surface area contributed by atoms with E-state index in [2.05, 4.69) is 44.5 Å². The van der Waals surface area contributed by atoms with E-state index in [0.717, 1.165) is 31.1 Å². The molecule has 1 aromatic heterocycles.